The molecular formula is C14H19NO4. The van der Waals surface area contributed by atoms with E-state index in [1.54, 1.807) is 19.9 Å². The number of carbonyl (C=O) groups excluding carboxylic acids is 1. The van der Waals surface area contributed by atoms with Gasteiger partial charge in [-0.05, 0) is 25.5 Å². The summed E-state index contributed by atoms with van der Waals surface area (Å²) in [6.07, 6.45) is 0. The van der Waals surface area contributed by atoms with Gasteiger partial charge in [-0.1, -0.05) is 20.8 Å². The van der Waals surface area contributed by atoms with Gasteiger partial charge in [-0.2, -0.15) is 0 Å². The number of aryl methyl sites for hydroxylation is 2. The maximum Gasteiger partial charge on any atom is 0.276 e. The average molecular weight is 265 g/mol. The van der Waals surface area contributed by atoms with Crippen LogP contribution in [0.15, 0.2) is 12.1 Å². The minimum atomic E-state index is -0.482. The third-order valence-corrected chi connectivity index (χ3v) is 2.89. The largest absolute Gasteiger partial charge is 0.485 e. The molecule has 0 aromatic heterocycles. The van der Waals surface area contributed by atoms with Crippen LogP contribution in [0.3, 0.4) is 0 Å². The van der Waals surface area contributed by atoms with Crippen LogP contribution >= 0.6 is 0 Å². The molecular weight excluding hydrogens is 246 g/mol. The van der Waals surface area contributed by atoms with E-state index >= 15 is 0 Å². The van der Waals surface area contributed by atoms with Crippen molar-refractivity contribution in [1.82, 2.24) is 0 Å². The highest BCUT2D eigenvalue weighted by Crippen LogP contribution is 2.28. The number of ketones is 1. The number of rotatable bonds is 4. The molecule has 1 rings (SSSR count). The Balaban J connectivity index is 2.93. The Hall–Kier alpha value is -1.91. The second kappa shape index (κ2) is 5.38. The molecule has 0 fully saturated rings. The number of nitro groups is 1. The van der Waals surface area contributed by atoms with E-state index < -0.39 is 10.3 Å². The number of hydrogen-bond acceptors (Lipinski definition) is 4. The molecule has 0 aliphatic rings. The lowest BCUT2D eigenvalue weighted by Gasteiger charge is -2.17. The summed E-state index contributed by atoms with van der Waals surface area (Å²) in [5.41, 5.74) is 0.885. The Morgan fingerprint density at radius 3 is 2.32 bits per heavy atom. The number of carbonyl (C=O) groups is 1. The predicted octanol–water partition coefficient (Wildman–Crippen LogP) is 3.21. The second-order valence-corrected chi connectivity index (χ2v) is 5.62. The van der Waals surface area contributed by atoms with Gasteiger partial charge in [0.15, 0.2) is 5.78 Å². The monoisotopic (exact) mass is 265 g/mol. The van der Waals surface area contributed by atoms with Gasteiger partial charge in [-0.25, -0.2) is 0 Å². The molecule has 0 bridgehead atoms. The highest BCUT2D eigenvalue weighted by atomic mass is 16.6. The summed E-state index contributed by atoms with van der Waals surface area (Å²) in [5.74, 6) is 0.338. The van der Waals surface area contributed by atoms with Crippen molar-refractivity contribution in [1.29, 1.82) is 0 Å². The zero-order valence-corrected chi connectivity index (χ0v) is 11.9. The van der Waals surface area contributed by atoms with Crippen LogP contribution in [0.1, 0.15) is 31.9 Å². The van der Waals surface area contributed by atoms with Crippen molar-refractivity contribution in [2.45, 2.75) is 34.6 Å². The fraction of sp³-hybridized carbons (Fsp3) is 0.500. The van der Waals surface area contributed by atoms with Crippen LogP contribution in [-0.4, -0.2) is 17.3 Å². The maximum absolute atomic E-state index is 11.8. The fourth-order valence-corrected chi connectivity index (χ4v) is 1.53. The first-order chi connectivity index (χ1) is 8.62. The van der Waals surface area contributed by atoms with Crippen LogP contribution in [0.2, 0.25) is 0 Å². The topological polar surface area (TPSA) is 69.4 Å². The maximum atomic E-state index is 11.8. The molecule has 104 valence electrons. The van der Waals surface area contributed by atoms with Crippen molar-refractivity contribution >= 4 is 11.5 Å². The van der Waals surface area contributed by atoms with Crippen molar-refractivity contribution in [3.63, 3.8) is 0 Å². The molecule has 0 aliphatic carbocycles. The van der Waals surface area contributed by atoms with E-state index in [4.69, 9.17) is 4.74 Å². The first kappa shape index (κ1) is 15.1. The normalized spacial score (nSPS) is 11.2. The quantitative estimate of drug-likeness (QED) is 0.619. The van der Waals surface area contributed by atoms with Crippen LogP contribution in [0.5, 0.6) is 5.75 Å². The van der Waals surface area contributed by atoms with E-state index in [0.717, 1.165) is 5.56 Å². The minimum absolute atomic E-state index is 0.00353. The summed E-state index contributed by atoms with van der Waals surface area (Å²) >= 11 is 0. The molecule has 0 aliphatic heterocycles. The molecule has 5 heteroatoms. The molecule has 1 aromatic rings. The Morgan fingerprint density at radius 1 is 1.26 bits per heavy atom. The smallest absolute Gasteiger partial charge is 0.276 e. The standard InChI is InChI=1S/C14H19NO4/c1-9-6-10(2)12(7-11(9)15(17)18)19-8-13(16)14(3,4)5/h6-7H,8H2,1-5H3. The highest BCUT2D eigenvalue weighted by Gasteiger charge is 2.22. The van der Waals surface area contributed by atoms with E-state index in [0.29, 0.717) is 11.3 Å². The minimum Gasteiger partial charge on any atom is -0.485 e. The van der Waals surface area contributed by atoms with E-state index in [1.807, 2.05) is 20.8 Å². The second-order valence-electron chi connectivity index (χ2n) is 5.62. The van der Waals surface area contributed by atoms with E-state index in [1.165, 1.54) is 6.07 Å². The van der Waals surface area contributed by atoms with Crippen LogP contribution in [0.4, 0.5) is 5.69 Å². The number of nitrogens with zero attached hydrogens (tertiary/aromatic N) is 1. The number of hydrogen-bond donors (Lipinski definition) is 0. The zero-order chi connectivity index (χ0) is 14.8. The van der Waals surface area contributed by atoms with Gasteiger partial charge in [0.2, 0.25) is 0 Å². The van der Waals surface area contributed by atoms with Gasteiger partial charge in [0, 0.05) is 11.0 Å². The van der Waals surface area contributed by atoms with E-state index in [-0.39, 0.29) is 18.1 Å². The van der Waals surface area contributed by atoms with Gasteiger partial charge >= 0.3 is 0 Å². The first-order valence-corrected chi connectivity index (χ1v) is 6.04. The van der Waals surface area contributed by atoms with E-state index in [9.17, 15) is 14.9 Å². The van der Waals surface area contributed by atoms with Crippen molar-refractivity contribution in [3.8, 4) is 5.75 Å². The molecule has 0 amide bonds. The molecule has 0 heterocycles. The van der Waals surface area contributed by atoms with Crippen LogP contribution < -0.4 is 4.74 Å². The zero-order valence-electron chi connectivity index (χ0n) is 11.9. The molecule has 0 unspecified atom stereocenters. The number of nitro benzene ring substituents is 1. The van der Waals surface area contributed by atoms with Crippen molar-refractivity contribution in [2.75, 3.05) is 6.61 Å². The third-order valence-electron chi connectivity index (χ3n) is 2.89. The fourth-order valence-electron chi connectivity index (χ4n) is 1.53. The third kappa shape index (κ3) is 3.77. The van der Waals surface area contributed by atoms with Gasteiger partial charge in [0.25, 0.3) is 5.69 Å². The summed E-state index contributed by atoms with van der Waals surface area (Å²) in [7, 11) is 0. The lowest BCUT2D eigenvalue weighted by atomic mass is 9.91. The summed E-state index contributed by atoms with van der Waals surface area (Å²) in [4.78, 5) is 22.2. The Labute approximate surface area is 112 Å². The van der Waals surface area contributed by atoms with E-state index in [2.05, 4.69) is 0 Å². The van der Waals surface area contributed by atoms with Crippen LogP contribution in [-0.2, 0) is 4.79 Å². The van der Waals surface area contributed by atoms with Gasteiger partial charge in [0.05, 0.1) is 11.0 Å². The Bertz CT molecular complexity index is 515. The van der Waals surface area contributed by atoms with Crippen molar-refractivity contribution < 1.29 is 14.5 Å². The van der Waals surface area contributed by atoms with Crippen LogP contribution in [0.25, 0.3) is 0 Å². The van der Waals surface area contributed by atoms with Gasteiger partial charge in [-0.15, -0.1) is 0 Å². The molecule has 0 saturated carbocycles. The molecule has 0 N–H and O–H groups in total. The first-order valence-electron chi connectivity index (χ1n) is 6.04. The van der Waals surface area contributed by atoms with Gasteiger partial charge in [0.1, 0.15) is 12.4 Å². The number of benzene rings is 1. The molecule has 0 radical (unpaired) electrons. The Morgan fingerprint density at radius 2 is 1.84 bits per heavy atom. The lowest BCUT2D eigenvalue weighted by Crippen LogP contribution is -2.26. The SMILES string of the molecule is Cc1cc(C)c([N+](=O)[O-])cc1OCC(=O)C(C)(C)C. The van der Waals surface area contributed by atoms with Crippen molar-refractivity contribution in [2.24, 2.45) is 5.41 Å². The van der Waals surface area contributed by atoms with Gasteiger partial charge in [-0.3, -0.25) is 14.9 Å². The number of Topliss-reactive ketones (excluding diaryl/α,β-unsaturated/α-hetero) is 1. The Kier molecular flexibility index (Phi) is 4.29. The molecule has 5 nitrogen and oxygen atoms in total. The summed E-state index contributed by atoms with van der Waals surface area (Å²) in [6, 6.07) is 3.07. The van der Waals surface area contributed by atoms with Gasteiger partial charge < -0.3 is 4.74 Å². The predicted molar refractivity (Wildman–Crippen MR) is 72.5 cm³/mol. The number of ether oxygens (including phenoxy) is 1. The lowest BCUT2D eigenvalue weighted by molar-refractivity contribution is -0.385. The highest BCUT2D eigenvalue weighted by molar-refractivity contribution is 5.85. The summed E-state index contributed by atoms with van der Waals surface area (Å²) in [6.45, 7) is 8.82. The summed E-state index contributed by atoms with van der Waals surface area (Å²) < 4.78 is 5.42. The molecule has 19 heavy (non-hydrogen) atoms. The molecule has 0 saturated heterocycles. The van der Waals surface area contributed by atoms with Crippen LogP contribution in [0, 0.1) is 29.4 Å². The summed E-state index contributed by atoms with van der Waals surface area (Å²) in [5, 5.41) is 10.9. The molecule has 1 aromatic carbocycles. The average Bonchev–Trinajstić information content (AvgIpc) is 2.25. The van der Waals surface area contributed by atoms with Crippen molar-refractivity contribution in [3.05, 3.63) is 33.4 Å². The molecule has 0 spiro atoms. The molecule has 0 atom stereocenters.